The van der Waals surface area contributed by atoms with Crippen LogP contribution in [0.15, 0.2) is 0 Å². The molecule has 0 amide bonds. The molecule has 0 atom stereocenters. The second kappa shape index (κ2) is 6.66. The number of nitrogens with one attached hydrogen (secondary N) is 1. The topological polar surface area (TPSA) is 12.0 Å². The molecular weight excluding hydrogens is 134 g/mol. The molecule has 0 spiro atoms. The average Bonchev–Trinajstić information content (AvgIpc) is 2.03. The van der Waals surface area contributed by atoms with E-state index in [2.05, 4.69) is 12.2 Å². The molecule has 1 fully saturated rings. The van der Waals surface area contributed by atoms with Gasteiger partial charge in [0.25, 0.3) is 0 Å². The molecule has 0 aromatic rings. The monoisotopic (exact) mass is 157 g/mol. The molecular formula is C10H23N. The summed E-state index contributed by atoms with van der Waals surface area (Å²) in [6.45, 7) is 3.44. The van der Waals surface area contributed by atoms with E-state index in [1.165, 1.54) is 45.1 Å². The van der Waals surface area contributed by atoms with Crippen molar-refractivity contribution in [2.24, 2.45) is 0 Å². The van der Waals surface area contributed by atoms with Gasteiger partial charge in [-0.1, -0.05) is 33.6 Å². The Morgan fingerprint density at radius 1 is 1.18 bits per heavy atom. The fraction of sp³-hybridized carbons (Fsp3) is 1.00. The summed E-state index contributed by atoms with van der Waals surface area (Å²) in [5, 5.41) is 3.57. The molecule has 0 radical (unpaired) electrons. The first-order valence-corrected chi connectivity index (χ1v) is 4.67. The Hall–Kier alpha value is -0.0400. The van der Waals surface area contributed by atoms with Crippen LogP contribution in [0.1, 0.15) is 52.9 Å². The third kappa shape index (κ3) is 4.41. The maximum Gasteiger partial charge on any atom is 0.00670 e. The van der Waals surface area contributed by atoms with Crippen molar-refractivity contribution in [3.05, 3.63) is 0 Å². The lowest BCUT2D eigenvalue weighted by atomic mass is 9.95. The van der Waals surface area contributed by atoms with E-state index in [0.717, 1.165) is 6.04 Å². The molecule has 0 saturated heterocycles. The zero-order chi connectivity index (χ0) is 7.23. The molecule has 1 rings (SSSR count). The highest BCUT2D eigenvalue weighted by atomic mass is 14.9. The van der Waals surface area contributed by atoms with Crippen molar-refractivity contribution in [2.45, 2.75) is 58.9 Å². The third-order valence-electron chi connectivity index (χ3n) is 2.29. The van der Waals surface area contributed by atoms with Gasteiger partial charge in [-0.3, -0.25) is 0 Å². The second-order valence-corrected chi connectivity index (χ2v) is 3.29. The van der Waals surface area contributed by atoms with Crippen molar-refractivity contribution >= 4 is 0 Å². The lowest BCUT2D eigenvalue weighted by molar-refractivity contribution is 0.374. The summed E-state index contributed by atoms with van der Waals surface area (Å²) in [5.74, 6) is 0. The van der Waals surface area contributed by atoms with Gasteiger partial charge in [-0.2, -0.15) is 0 Å². The summed E-state index contributed by atoms with van der Waals surface area (Å²) in [6, 6.07) is 0.855. The maximum atomic E-state index is 3.57. The van der Waals surface area contributed by atoms with E-state index in [1.54, 1.807) is 0 Å². The quantitative estimate of drug-likeness (QED) is 0.664. The summed E-state index contributed by atoms with van der Waals surface area (Å²) in [6.07, 6.45) is 8.46. The summed E-state index contributed by atoms with van der Waals surface area (Å²) in [4.78, 5) is 0. The van der Waals surface area contributed by atoms with Crippen LogP contribution < -0.4 is 5.32 Å². The van der Waals surface area contributed by atoms with Gasteiger partial charge in [0.2, 0.25) is 0 Å². The Bertz CT molecular complexity index is 74.9. The lowest BCUT2D eigenvalue weighted by Gasteiger charge is -2.22. The van der Waals surface area contributed by atoms with Crippen molar-refractivity contribution < 1.29 is 0 Å². The van der Waals surface area contributed by atoms with E-state index in [-0.39, 0.29) is 7.43 Å². The van der Waals surface area contributed by atoms with Crippen LogP contribution in [0.25, 0.3) is 0 Å². The Balaban J connectivity index is 0.000001000. The highest BCUT2D eigenvalue weighted by Crippen LogP contribution is 2.16. The van der Waals surface area contributed by atoms with E-state index in [9.17, 15) is 0 Å². The largest absolute Gasteiger partial charge is 0.314 e. The second-order valence-electron chi connectivity index (χ2n) is 3.29. The minimum atomic E-state index is 0. The van der Waals surface area contributed by atoms with E-state index >= 15 is 0 Å². The molecule has 1 aliphatic carbocycles. The number of rotatable bonds is 3. The van der Waals surface area contributed by atoms with Crippen LogP contribution >= 0.6 is 0 Å². The Kier molecular flexibility index (Phi) is 6.63. The van der Waals surface area contributed by atoms with Crippen molar-refractivity contribution in [3.63, 3.8) is 0 Å². The molecule has 0 heterocycles. The van der Waals surface area contributed by atoms with Crippen LogP contribution in [0.5, 0.6) is 0 Å². The Morgan fingerprint density at radius 2 is 1.82 bits per heavy atom. The first-order valence-electron chi connectivity index (χ1n) is 4.67. The zero-order valence-electron chi connectivity index (χ0n) is 7.03. The molecule has 1 nitrogen and oxygen atoms in total. The molecule has 68 valence electrons. The van der Waals surface area contributed by atoms with Gasteiger partial charge in [-0.05, 0) is 25.8 Å². The van der Waals surface area contributed by atoms with Crippen LogP contribution in [0.2, 0.25) is 0 Å². The van der Waals surface area contributed by atoms with E-state index in [0.29, 0.717) is 0 Å². The standard InChI is InChI=1S/C9H19N.CH4/c1-2-8-10-9-6-4-3-5-7-9;/h9-10H,2-8H2,1H3;1H4. The van der Waals surface area contributed by atoms with Crippen molar-refractivity contribution in [1.29, 1.82) is 0 Å². The number of hydrogen-bond donors (Lipinski definition) is 1. The summed E-state index contributed by atoms with van der Waals surface area (Å²) in [7, 11) is 0. The van der Waals surface area contributed by atoms with Gasteiger partial charge in [0.05, 0.1) is 0 Å². The van der Waals surface area contributed by atoms with Crippen LogP contribution in [-0.2, 0) is 0 Å². The van der Waals surface area contributed by atoms with Gasteiger partial charge in [0.1, 0.15) is 0 Å². The van der Waals surface area contributed by atoms with Crippen LogP contribution in [0.4, 0.5) is 0 Å². The van der Waals surface area contributed by atoms with E-state index in [4.69, 9.17) is 0 Å². The number of hydrogen-bond acceptors (Lipinski definition) is 1. The molecule has 0 aromatic carbocycles. The van der Waals surface area contributed by atoms with Gasteiger partial charge < -0.3 is 5.32 Å². The smallest absolute Gasteiger partial charge is 0.00670 e. The fourth-order valence-corrected chi connectivity index (χ4v) is 1.66. The van der Waals surface area contributed by atoms with E-state index < -0.39 is 0 Å². The fourth-order valence-electron chi connectivity index (χ4n) is 1.66. The van der Waals surface area contributed by atoms with Gasteiger partial charge in [0, 0.05) is 6.04 Å². The normalized spacial score (nSPS) is 19.4. The third-order valence-corrected chi connectivity index (χ3v) is 2.29. The van der Waals surface area contributed by atoms with Gasteiger partial charge in [-0.15, -0.1) is 0 Å². The molecule has 0 bridgehead atoms. The zero-order valence-corrected chi connectivity index (χ0v) is 7.03. The van der Waals surface area contributed by atoms with Crippen LogP contribution in [0.3, 0.4) is 0 Å². The Morgan fingerprint density at radius 3 is 2.36 bits per heavy atom. The van der Waals surface area contributed by atoms with Crippen molar-refractivity contribution in [2.75, 3.05) is 6.54 Å². The predicted octanol–water partition coefficient (Wildman–Crippen LogP) is 2.95. The first kappa shape index (κ1) is 11.0. The van der Waals surface area contributed by atoms with Gasteiger partial charge in [-0.25, -0.2) is 0 Å². The minimum Gasteiger partial charge on any atom is -0.314 e. The summed E-state index contributed by atoms with van der Waals surface area (Å²) in [5.41, 5.74) is 0. The van der Waals surface area contributed by atoms with Crippen molar-refractivity contribution in [1.82, 2.24) is 5.32 Å². The minimum absolute atomic E-state index is 0. The predicted molar refractivity (Wildman–Crippen MR) is 51.9 cm³/mol. The van der Waals surface area contributed by atoms with Crippen LogP contribution in [-0.4, -0.2) is 12.6 Å². The molecule has 0 aliphatic heterocycles. The molecule has 11 heavy (non-hydrogen) atoms. The molecule has 1 saturated carbocycles. The molecule has 0 aromatic heterocycles. The first-order chi connectivity index (χ1) is 4.93. The maximum absolute atomic E-state index is 3.57. The molecule has 1 heteroatoms. The van der Waals surface area contributed by atoms with Gasteiger partial charge in [0.15, 0.2) is 0 Å². The summed E-state index contributed by atoms with van der Waals surface area (Å²) < 4.78 is 0. The van der Waals surface area contributed by atoms with Crippen molar-refractivity contribution in [3.8, 4) is 0 Å². The lowest BCUT2D eigenvalue weighted by Crippen LogP contribution is -2.31. The molecule has 0 unspecified atom stereocenters. The highest BCUT2D eigenvalue weighted by Gasteiger charge is 2.10. The highest BCUT2D eigenvalue weighted by molar-refractivity contribution is 4.70. The summed E-state index contributed by atoms with van der Waals surface area (Å²) >= 11 is 0. The van der Waals surface area contributed by atoms with Gasteiger partial charge >= 0.3 is 0 Å². The SMILES string of the molecule is C.CCCNC1CCCCC1. The average molecular weight is 157 g/mol. The van der Waals surface area contributed by atoms with E-state index in [1.807, 2.05) is 0 Å². The van der Waals surface area contributed by atoms with Crippen LogP contribution in [0, 0.1) is 0 Å². The molecule has 1 N–H and O–H groups in total. The Labute approximate surface area is 71.6 Å². The molecule has 1 aliphatic rings.